The lowest BCUT2D eigenvalue weighted by Crippen LogP contribution is -2.33. The standard InChI is InChI=1S/C25H43N3OS/c1-4-7-8-9-10-11-12-13-14-15-16-17-24(29)27-25(30)26-22-18-20-23(21-19-22)28(5-2)6-3/h18-21H,4-17H2,1-3H3,(H2,26,27,29,30). The Kier molecular flexibility index (Phi) is 15.1. The molecule has 170 valence electrons. The van der Waals surface area contributed by atoms with E-state index in [-0.39, 0.29) is 5.91 Å². The van der Waals surface area contributed by atoms with Gasteiger partial charge in [0.25, 0.3) is 0 Å². The van der Waals surface area contributed by atoms with Gasteiger partial charge in [0.2, 0.25) is 5.91 Å². The minimum absolute atomic E-state index is 0.00295. The van der Waals surface area contributed by atoms with Crippen LogP contribution in [0.5, 0.6) is 0 Å². The second kappa shape index (κ2) is 17.1. The van der Waals surface area contributed by atoms with Crippen molar-refractivity contribution in [2.45, 2.75) is 97.8 Å². The SMILES string of the molecule is CCCCCCCCCCCCCC(=O)NC(=S)Nc1ccc(N(CC)CC)cc1. The Labute approximate surface area is 190 Å². The molecule has 5 heteroatoms. The fourth-order valence-corrected chi connectivity index (χ4v) is 3.88. The molecule has 0 aliphatic heterocycles. The Bertz CT molecular complexity index is 585. The molecule has 1 aromatic carbocycles. The molecule has 0 heterocycles. The molecule has 0 saturated heterocycles. The van der Waals surface area contributed by atoms with Crippen molar-refractivity contribution in [2.75, 3.05) is 23.3 Å². The van der Waals surface area contributed by atoms with Crippen molar-refractivity contribution in [3.63, 3.8) is 0 Å². The van der Waals surface area contributed by atoms with E-state index < -0.39 is 0 Å². The molecule has 0 unspecified atom stereocenters. The molecule has 30 heavy (non-hydrogen) atoms. The highest BCUT2D eigenvalue weighted by atomic mass is 32.1. The Morgan fingerprint density at radius 3 is 1.80 bits per heavy atom. The van der Waals surface area contributed by atoms with Gasteiger partial charge in [-0.3, -0.25) is 4.79 Å². The van der Waals surface area contributed by atoms with Gasteiger partial charge in [0.1, 0.15) is 0 Å². The van der Waals surface area contributed by atoms with Crippen molar-refractivity contribution < 1.29 is 4.79 Å². The Balaban J connectivity index is 2.09. The molecule has 0 spiro atoms. The normalized spacial score (nSPS) is 10.6. The van der Waals surface area contributed by atoms with E-state index in [1.54, 1.807) is 0 Å². The van der Waals surface area contributed by atoms with Gasteiger partial charge in [0.05, 0.1) is 0 Å². The first-order valence-corrected chi connectivity index (χ1v) is 12.5. The first-order chi connectivity index (χ1) is 14.6. The molecule has 0 bridgehead atoms. The van der Waals surface area contributed by atoms with Crippen molar-refractivity contribution in [3.8, 4) is 0 Å². The summed E-state index contributed by atoms with van der Waals surface area (Å²) in [6.45, 7) is 8.52. The zero-order valence-electron chi connectivity index (χ0n) is 19.5. The molecule has 0 aliphatic carbocycles. The van der Waals surface area contributed by atoms with E-state index in [1.807, 2.05) is 12.1 Å². The maximum Gasteiger partial charge on any atom is 0.226 e. The summed E-state index contributed by atoms with van der Waals surface area (Å²) >= 11 is 5.28. The summed E-state index contributed by atoms with van der Waals surface area (Å²) in [5.74, 6) is 0.00295. The van der Waals surface area contributed by atoms with E-state index in [0.717, 1.165) is 31.6 Å². The molecule has 0 aliphatic rings. The van der Waals surface area contributed by atoms with Crippen LogP contribution in [0.25, 0.3) is 0 Å². The van der Waals surface area contributed by atoms with Gasteiger partial charge in [-0.15, -0.1) is 0 Å². The number of unbranched alkanes of at least 4 members (excludes halogenated alkanes) is 10. The molecule has 0 aromatic heterocycles. The summed E-state index contributed by atoms with van der Waals surface area (Å²) in [6, 6.07) is 8.14. The first kappa shape index (κ1) is 26.4. The lowest BCUT2D eigenvalue weighted by atomic mass is 10.1. The summed E-state index contributed by atoms with van der Waals surface area (Å²) in [5, 5.41) is 6.27. The Morgan fingerprint density at radius 2 is 1.30 bits per heavy atom. The Morgan fingerprint density at radius 1 is 0.800 bits per heavy atom. The summed E-state index contributed by atoms with van der Waals surface area (Å²) in [7, 11) is 0. The third kappa shape index (κ3) is 12.2. The number of hydrogen-bond acceptors (Lipinski definition) is 3. The number of hydrogen-bond donors (Lipinski definition) is 2. The lowest BCUT2D eigenvalue weighted by Gasteiger charge is -2.21. The van der Waals surface area contributed by atoms with Gasteiger partial charge in [0, 0.05) is 30.9 Å². The zero-order valence-corrected chi connectivity index (χ0v) is 20.3. The molecule has 4 nitrogen and oxygen atoms in total. The van der Waals surface area contributed by atoms with Crippen LogP contribution < -0.4 is 15.5 Å². The number of carbonyl (C=O) groups excluding carboxylic acids is 1. The molecule has 0 atom stereocenters. The summed E-state index contributed by atoms with van der Waals surface area (Å²) in [4.78, 5) is 14.4. The van der Waals surface area contributed by atoms with Gasteiger partial charge in [-0.2, -0.15) is 0 Å². The average molecular weight is 434 g/mol. The van der Waals surface area contributed by atoms with Gasteiger partial charge in [-0.05, 0) is 56.8 Å². The van der Waals surface area contributed by atoms with Crippen molar-refractivity contribution in [2.24, 2.45) is 0 Å². The van der Waals surface area contributed by atoms with Crippen molar-refractivity contribution in [1.82, 2.24) is 5.32 Å². The van der Waals surface area contributed by atoms with E-state index in [4.69, 9.17) is 12.2 Å². The van der Waals surface area contributed by atoms with Gasteiger partial charge < -0.3 is 15.5 Å². The fraction of sp³-hybridized carbons (Fsp3) is 0.680. The first-order valence-electron chi connectivity index (χ1n) is 12.1. The highest BCUT2D eigenvalue weighted by molar-refractivity contribution is 7.80. The molecule has 1 aromatic rings. The Hall–Kier alpha value is -1.62. The molecule has 1 amide bonds. The quantitative estimate of drug-likeness (QED) is 0.217. The van der Waals surface area contributed by atoms with Gasteiger partial charge in [0.15, 0.2) is 5.11 Å². The zero-order chi connectivity index (χ0) is 22.0. The fourth-order valence-electron chi connectivity index (χ4n) is 3.65. The van der Waals surface area contributed by atoms with Crippen LogP contribution in [-0.4, -0.2) is 24.1 Å². The van der Waals surface area contributed by atoms with Gasteiger partial charge in [-0.25, -0.2) is 0 Å². The number of anilines is 2. The third-order valence-corrected chi connectivity index (χ3v) is 5.72. The number of rotatable bonds is 16. The van der Waals surface area contributed by atoms with Crippen LogP contribution >= 0.6 is 12.2 Å². The number of nitrogens with zero attached hydrogens (tertiary/aromatic N) is 1. The second-order valence-corrected chi connectivity index (χ2v) is 8.42. The van der Waals surface area contributed by atoms with Crippen LogP contribution in [-0.2, 0) is 4.79 Å². The minimum Gasteiger partial charge on any atom is -0.372 e. The number of amides is 1. The van der Waals surface area contributed by atoms with Gasteiger partial charge in [-0.1, -0.05) is 71.1 Å². The van der Waals surface area contributed by atoms with E-state index in [0.29, 0.717) is 11.5 Å². The van der Waals surface area contributed by atoms with Crippen LogP contribution in [0.4, 0.5) is 11.4 Å². The van der Waals surface area contributed by atoms with Crippen molar-refractivity contribution in [3.05, 3.63) is 24.3 Å². The van der Waals surface area contributed by atoms with E-state index >= 15 is 0 Å². The number of benzene rings is 1. The average Bonchev–Trinajstić information content (AvgIpc) is 2.74. The summed E-state index contributed by atoms with van der Waals surface area (Å²) < 4.78 is 0. The predicted octanol–water partition coefficient (Wildman–Crippen LogP) is 7.05. The topological polar surface area (TPSA) is 44.4 Å². The molecule has 0 fully saturated rings. The minimum atomic E-state index is 0.00295. The van der Waals surface area contributed by atoms with E-state index in [1.165, 1.54) is 63.5 Å². The lowest BCUT2D eigenvalue weighted by molar-refractivity contribution is -0.119. The predicted molar refractivity (Wildman–Crippen MR) is 135 cm³/mol. The largest absolute Gasteiger partial charge is 0.372 e. The highest BCUT2D eigenvalue weighted by Crippen LogP contribution is 2.17. The third-order valence-electron chi connectivity index (χ3n) is 5.51. The highest BCUT2D eigenvalue weighted by Gasteiger charge is 2.06. The van der Waals surface area contributed by atoms with Crippen LogP contribution in [0.15, 0.2) is 24.3 Å². The molecule has 0 saturated carbocycles. The molecule has 0 radical (unpaired) electrons. The van der Waals surface area contributed by atoms with Crippen molar-refractivity contribution >= 4 is 34.6 Å². The maximum atomic E-state index is 12.1. The molecular weight excluding hydrogens is 390 g/mol. The second-order valence-electron chi connectivity index (χ2n) is 8.01. The molecule has 1 rings (SSSR count). The van der Waals surface area contributed by atoms with E-state index in [2.05, 4.69) is 48.4 Å². The van der Waals surface area contributed by atoms with Gasteiger partial charge >= 0.3 is 0 Å². The van der Waals surface area contributed by atoms with Crippen molar-refractivity contribution in [1.29, 1.82) is 0 Å². The molecule has 2 N–H and O–H groups in total. The van der Waals surface area contributed by atoms with E-state index in [9.17, 15) is 4.79 Å². The van der Waals surface area contributed by atoms with Crippen LogP contribution in [0.3, 0.4) is 0 Å². The summed E-state index contributed by atoms with van der Waals surface area (Å²) in [6.07, 6.45) is 14.7. The summed E-state index contributed by atoms with van der Waals surface area (Å²) in [5.41, 5.74) is 2.09. The monoisotopic (exact) mass is 433 g/mol. The number of nitrogens with one attached hydrogen (secondary N) is 2. The van der Waals surface area contributed by atoms with Crippen LogP contribution in [0.2, 0.25) is 0 Å². The maximum absolute atomic E-state index is 12.1. The number of thiocarbonyl (C=S) groups is 1. The van der Waals surface area contributed by atoms with Crippen LogP contribution in [0.1, 0.15) is 97.8 Å². The number of carbonyl (C=O) groups is 1. The van der Waals surface area contributed by atoms with Crippen LogP contribution in [0, 0.1) is 0 Å². The smallest absolute Gasteiger partial charge is 0.226 e. The molecular formula is C25H43N3OS.